The average molecular weight is 212 g/mol. The molecule has 1 fully saturated rings. The van der Waals surface area contributed by atoms with Crippen LogP contribution in [0.4, 0.5) is 8.78 Å². The lowest BCUT2D eigenvalue weighted by Crippen LogP contribution is -2.10. The highest BCUT2D eigenvalue weighted by Gasteiger charge is 2.45. The maximum absolute atomic E-state index is 13.4. The van der Waals surface area contributed by atoms with Crippen molar-refractivity contribution in [2.75, 3.05) is 0 Å². The lowest BCUT2D eigenvalue weighted by atomic mass is 9.97. The van der Waals surface area contributed by atoms with Gasteiger partial charge in [-0.3, -0.25) is 0 Å². The van der Waals surface area contributed by atoms with Crippen molar-refractivity contribution in [2.45, 2.75) is 38.2 Å². The molecule has 1 aliphatic rings. The number of rotatable bonds is 2. The minimum atomic E-state index is -1.12. The van der Waals surface area contributed by atoms with Gasteiger partial charge in [0, 0.05) is 5.56 Å². The maximum Gasteiger partial charge on any atom is 0.164 e. The second kappa shape index (κ2) is 3.27. The molecular weight excluding hydrogens is 198 g/mol. The van der Waals surface area contributed by atoms with Gasteiger partial charge in [-0.05, 0) is 36.5 Å². The van der Waals surface area contributed by atoms with Gasteiger partial charge < -0.3 is 5.11 Å². The van der Waals surface area contributed by atoms with E-state index in [1.165, 1.54) is 6.07 Å². The molecule has 0 unspecified atom stereocenters. The van der Waals surface area contributed by atoms with Crippen LogP contribution in [-0.2, 0) is 5.60 Å². The molecule has 1 nitrogen and oxygen atoms in total. The van der Waals surface area contributed by atoms with Gasteiger partial charge in [0.15, 0.2) is 11.6 Å². The van der Waals surface area contributed by atoms with E-state index in [-0.39, 0.29) is 11.5 Å². The van der Waals surface area contributed by atoms with Gasteiger partial charge in [0.25, 0.3) is 0 Å². The number of hydrogen-bond donors (Lipinski definition) is 1. The molecule has 0 aliphatic heterocycles. The molecule has 3 heteroatoms. The fourth-order valence-electron chi connectivity index (χ4n) is 1.67. The summed E-state index contributed by atoms with van der Waals surface area (Å²) in [5.74, 6) is -1.64. The third kappa shape index (κ3) is 1.76. The molecule has 1 saturated carbocycles. The molecule has 0 heterocycles. The second-order valence-electron chi connectivity index (χ2n) is 4.55. The van der Waals surface area contributed by atoms with Crippen molar-refractivity contribution in [2.24, 2.45) is 0 Å². The van der Waals surface area contributed by atoms with Gasteiger partial charge in [-0.1, -0.05) is 13.8 Å². The molecule has 0 aromatic heterocycles. The first-order valence-corrected chi connectivity index (χ1v) is 5.16. The van der Waals surface area contributed by atoms with E-state index in [0.29, 0.717) is 12.8 Å². The molecule has 0 saturated heterocycles. The zero-order valence-corrected chi connectivity index (χ0v) is 8.85. The zero-order chi connectivity index (χ0) is 11.2. The summed E-state index contributed by atoms with van der Waals surface area (Å²) in [7, 11) is 0. The monoisotopic (exact) mass is 212 g/mol. The Kier molecular flexibility index (Phi) is 2.30. The number of aliphatic hydroxyl groups is 1. The predicted molar refractivity (Wildman–Crippen MR) is 53.6 cm³/mol. The Bertz CT molecular complexity index is 395. The van der Waals surface area contributed by atoms with Crippen molar-refractivity contribution in [1.29, 1.82) is 0 Å². The zero-order valence-electron chi connectivity index (χ0n) is 8.85. The van der Waals surface area contributed by atoms with Gasteiger partial charge in [-0.15, -0.1) is 0 Å². The molecule has 0 amide bonds. The minimum absolute atomic E-state index is 0.117. The maximum atomic E-state index is 13.4. The van der Waals surface area contributed by atoms with E-state index in [1.807, 2.05) is 13.8 Å². The Morgan fingerprint density at radius 2 is 1.87 bits per heavy atom. The third-order valence-electron chi connectivity index (χ3n) is 2.94. The Balaban J connectivity index is 2.53. The first kappa shape index (κ1) is 10.6. The van der Waals surface area contributed by atoms with Gasteiger partial charge in [0.05, 0.1) is 5.60 Å². The van der Waals surface area contributed by atoms with E-state index in [4.69, 9.17) is 0 Å². The SMILES string of the molecule is CC(C)c1cc(F)c(F)c(C2(O)CC2)c1. The fraction of sp³-hybridized carbons (Fsp3) is 0.500. The summed E-state index contributed by atoms with van der Waals surface area (Å²) in [6, 6.07) is 2.78. The Hall–Kier alpha value is -0.960. The van der Waals surface area contributed by atoms with Crippen molar-refractivity contribution < 1.29 is 13.9 Å². The van der Waals surface area contributed by atoms with Crippen LogP contribution in [-0.4, -0.2) is 5.11 Å². The van der Waals surface area contributed by atoms with E-state index < -0.39 is 17.2 Å². The van der Waals surface area contributed by atoms with Crippen LogP contribution >= 0.6 is 0 Å². The molecule has 0 bridgehead atoms. The quantitative estimate of drug-likeness (QED) is 0.798. The Morgan fingerprint density at radius 1 is 1.27 bits per heavy atom. The summed E-state index contributed by atoms with van der Waals surface area (Å²) in [6.07, 6.45) is 1.04. The minimum Gasteiger partial charge on any atom is -0.385 e. The van der Waals surface area contributed by atoms with Crippen LogP contribution in [0.15, 0.2) is 12.1 Å². The molecular formula is C12H14F2O. The average Bonchev–Trinajstić information content (AvgIpc) is 2.89. The van der Waals surface area contributed by atoms with E-state index in [1.54, 1.807) is 6.07 Å². The van der Waals surface area contributed by atoms with Crippen molar-refractivity contribution in [1.82, 2.24) is 0 Å². The van der Waals surface area contributed by atoms with Crippen LogP contribution in [0, 0.1) is 11.6 Å². The molecule has 1 N–H and O–H groups in total. The normalized spacial score (nSPS) is 18.3. The molecule has 1 aromatic carbocycles. The van der Waals surface area contributed by atoms with Crippen LogP contribution in [0.1, 0.15) is 43.7 Å². The van der Waals surface area contributed by atoms with Gasteiger partial charge in [0.1, 0.15) is 0 Å². The summed E-state index contributed by atoms with van der Waals surface area (Å²) in [5.41, 5.74) is -0.272. The lowest BCUT2D eigenvalue weighted by Gasteiger charge is -2.14. The highest BCUT2D eigenvalue weighted by molar-refractivity contribution is 5.35. The summed E-state index contributed by atoms with van der Waals surface area (Å²) in [5, 5.41) is 9.80. The summed E-state index contributed by atoms with van der Waals surface area (Å²) in [6.45, 7) is 3.82. The van der Waals surface area contributed by atoms with E-state index in [0.717, 1.165) is 5.56 Å². The van der Waals surface area contributed by atoms with E-state index >= 15 is 0 Å². The van der Waals surface area contributed by atoms with Crippen LogP contribution in [0.5, 0.6) is 0 Å². The molecule has 82 valence electrons. The van der Waals surface area contributed by atoms with Crippen LogP contribution in [0.2, 0.25) is 0 Å². The number of benzene rings is 1. The topological polar surface area (TPSA) is 20.2 Å². The van der Waals surface area contributed by atoms with Crippen molar-refractivity contribution in [3.05, 3.63) is 34.9 Å². The highest BCUT2D eigenvalue weighted by atomic mass is 19.2. The molecule has 1 aliphatic carbocycles. The van der Waals surface area contributed by atoms with Crippen molar-refractivity contribution in [3.63, 3.8) is 0 Å². The van der Waals surface area contributed by atoms with Gasteiger partial charge in [-0.2, -0.15) is 0 Å². The first-order chi connectivity index (χ1) is 6.94. The van der Waals surface area contributed by atoms with Gasteiger partial charge in [-0.25, -0.2) is 8.78 Å². The third-order valence-corrected chi connectivity index (χ3v) is 2.94. The fourth-order valence-corrected chi connectivity index (χ4v) is 1.67. The second-order valence-corrected chi connectivity index (χ2v) is 4.55. The van der Waals surface area contributed by atoms with Crippen LogP contribution < -0.4 is 0 Å². The number of halogens is 2. The Morgan fingerprint density at radius 3 is 2.33 bits per heavy atom. The van der Waals surface area contributed by atoms with Gasteiger partial charge in [0.2, 0.25) is 0 Å². The van der Waals surface area contributed by atoms with Crippen molar-refractivity contribution in [3.8, 4) is 0 Å². The number of hydrogen-bond acceptors (Lipinski definition) is 1. The van der Waals surface area contributed by atoms with Crippen molar-refractivity contribution >= 4 is 0 Å². The summed E-state index contributed by atoms with van der Waals surface area (Å²) in [4.78, 5) is 0. The van der Waals surface area contributed by atoms with Crippen LogP contribution in [0.3, 0.4) is 0 Å². The molecule has 1 aromatic rings. The molecule has 2 rings (SSSR count). The highest BCUT2D eigenvalue weighted by Crippen LogP contribution is 2.47. The molecule has 0 spiro atoms. The lowest BCUT2D eigenvalue weighted by molar-refractivity contribution is 0.145. The smallest absolute Gasteiger partial charge is 0.164 e. The van der Waals surface area contributed by atoms with Crippen LogP contribution in [0.25, 0.3) is 0 Å². The summed E-state index contributed by atoms with van der Waals surface area (Å²) < 4.78 is 26.7. The Labute approximate surface area is 87.7 Å². The van der Waals surface area contributed by atoms with E-state index in [2.05, 4.69) is 0 Å². The first-order valence-electron chi connectivity index (χ1n) is 5.16. The molecule has 15 heavy (non-hydrogen) atoms. The van der Waals surface area contributed by atoms with Gasteiger partial charge >= 0.3 is 0 Å². The largest absolute Gasteiger partial charge is 0.385 e. The van der Waals surface area contributed by atoms with E-state index in [9.17, 15) is 13.9 Å². The standard InChI is InChI=1S/C12H14F2O/c1-7(2)8-5-9(12(15)3-4-12)11(14)10(13)6-8/h5-7,15H,3-4H2,1-2H3. The predicted octanol–water partition coefficient (Wildman–Crippen LogP) is 3.07. The molecule has 0 atom stereocenters. The molecule has 0 radical (unpaired) electrons. The summed E-state index contributed by atoms with van der Waals surface area (Å²) >= 11 is 0.